The van der Waals surface area contributed by atoms with Gasteiger partial charge in [-0.25, -0.2) is 0 Å². The summed E-state index contributed by atoms with van der Waals surface area (Å²) < 4.78 is 0. The molecule has 5 heteroatoms. The number of carbonyl (C=O) groups is 1. The number of hydrogen-bond acceptors (Lipinski definition) is 3. The van der Waals surface area contributed by atoms with Crippen molar-refractivity contribution >= 4 is 17.5 Å². The van der Waals surface area contributed by atoms with E-state index in [1.165, 1.54) is 0 Å². The Kier molecular flexibility index (Phi) is 5.25. The highest BCUT2D eigenvalue weighted by atomic mass is 35.5. The average molecular weight is 310 g/mol. The second kappa shape index (κ2) is 6.77. The minimum atomic E-state index is -0.112. The SMILES string of the molecule is CCC1NC(c2cccc(Cl)c2)N(C(C)CN(C)C)C1=O. The topological polar surface area (TPSA) is 35.6 Å². The van der Waals surface area contributed by atoms with Gasteiger partial charge in [-0.2, -0.15) is 0 Å². The summed E-state index contributed by atoms with van der Waals surface area (Å²) in [4.78, 5) is 16.7. The molecule has 0 radical (unpaired) electrons. The van der Waals surface area contributed by atoms with E-state index in [4.69, 9.17) is 11.6 Å². The first kappa shape index (κ1) is 16.3. The highest BCUT2D eigenvalue weighted by Crippen LogP contribution is 2.30. The van der Waals surface area contributed by atoms with E-state index in [1.54, 1.807) is 0 Å². The van der Waals surface area contributed by atoms with Gasteiger partial charge in [0.2, 0.25) is 5.91 Å². The molecule has 3 atom stereocenters. The fraction of sp³-hybridized carbons (Fsp3) is 0.562. The number of likely N-dealkylation sites (N-methyl/N-ethyl adjacent to an activating group) is 1. The smallest absolute Gasteiger partial charge is 0.241 e. The molecule has 1 aromatic carbocycles. The molecule has 0 bridgehead atoms. The zero-order valence-electron chi connectivity index (χ0n) is 13.1. The number of rotatable bonds is 5. The maximum Gasteiger partial charge on any atom is 0.241 e. The number of benzene rings is 1. The second-order valence-corrected chi connectivity index (χ2v) is 6.38. The Morgan fingerprint density at radius 3 is 2.71 bits per heavy atom. The molecule has 0 spiro atoms. The van der Waals surface area contributed by atoms with Crippen LogP contribution >= 0.6 is 11.6 Å². The van der Waals surface area contributed by atoms with Crippen molar-refractivity contribution < 1.29 is 4.79 Å². The van der Waals surface area contributed by atoms with Crippen molar-refractivity contribution in [3.8, 4) is 0 Å². The maximum absolute atomic E-state index is 12.6. The predicted octanol–water partition coefficient (Wildman–Crippen LogP) is 2.50. The van der Waals surface area contributed by atoms with Crippen molar-refractivity contribution in [3.05, 3.63) is 34.9 Å². The van der Waals surface area contributed by atoms with Crippen LogP contribution in [0.2, 0.25) is 5.02 Å². The second-order valence-electron chi connectivity index (χ2n) is 5.94. The van der Waals surface area contributed by atoms with E-state index in [9.17, 15) is 4.79 Å². The molecule has 0 saturated carbocycles. The van der Waals surface area contributed by atoms with E-state index in [-0.39, 0.29) is 24.2 Å². The monoisotopic (exact) mass is 309 g/mol. The van der Waals surface area contributed by atoms with Gasteiger partial charge in [0.1, 0.15) is 6.17 Å². The zero-order valence-corrected chi connectivity index (χ0v) is 13.9. The van der Waals surface area contributed by atoms with Gasteiger partial charge in [-0.1, -0.05) is 30.7 Å². The molecule has 0 aliphatic carbocycles. The van der Waals surface area contributed by atoms with Crippen molar-refractivity contribution in [2.45, 2.75) is 38.5 Å². The van der Waals surface area contributed by atoms with Gasteiger partial charge in [-0.05, 0) is 45.1 Å². The summed E-state index contributed by atoms with van der Waals surface area (Å²) in [5.74, 6) is 0.178. The summed E-state index contributed by atoms with van der Waals surface area (Å²) in [6, 6.07) is 7.76. The lowest BCUT2D eigenvalue weighted by molar-refractivity contribution is -0.132. The van der Waals surface area contributed by atoms with Crippen molar-refractivity contribution in [1.29, 1.82) is 0 Å². The maximum atomic E-state index is 12.6. The van der Waals surface area contributed by atoms with Crippen LogP contribution in [0.3, 0.4) is 0 Å². The molecular formula is C16H24ClN3O. The normalized spacial score (nSPS) is 23.9. The number of carbonyl (C=O) groups excluding carboxylic acids is 1. The van der Waals surface area contributed by atoms with Crippen molar-refractivity contribution in [1.82, 2.24) is 15.1 Å². The predicted molar refractivity (Wildman–Crippen MR) is 86.3 cm³/mol. The van der Waals surface area contributed by atoms with E-state index < -0.39 is 0 Å². The van der Waals surface area contributed by atoms with Crippen LogP contribution in [0.4, 0.5) is 0 Å². The fourth-order valence-electron chi connectivity index (χ4n) is 2.96. The van der Waals surface area contributed by atoms with Crippen LogP contribution in [0.5, 0.6) is 0 Å². The third kappa shape index (κ3) is 3.57. The van der Waals surface area contributed by atoms with Gasteiger partial charge in [0.15, 0.2) is 0 Å². The van der Waals surface area contributed by atoms with Crippen LogP contribution in [0.1, 0.15) is 32.0 Å². The van der Waals surface area contributed by atoms with Gasteiger partial charge in [-0.15, -0.1) is 0 Å². The number of halogens is 1. The molecule has 1 heterocycles. The number of nitrogens with one attached hydrogen (secondary N) is 1. The van der Waals surface area contributed by atoms with Crippen LogP contribution < -0.4 is 5.32 Å². The quantitative estimate of drug-likeness (QED) is 0.908. The Balaban J connectivity index is 2.30. The van der Waals surface area contributed by atoms with Crippen molar-refractivity contribution in [3.63, 3.8) is 0 Å². The first-order chi connectivity index (χ1) is 9.93. The van der Waals surface area contributed by atoms with Gasteiger partial charge in [0.25, 0.3) is 0 Å². The van der Waals surface area contributed by atoms with Gasteiger partial charge < -0.3 is 9.80 Å². The number of nitrogens with zero attached hydrogens (tertiary/aromatic N) is 2. The fourth-order valence-corrected chi connectivity index (χ4v) is 3.16. The first-order valence-electron chi connectivity index (χ1n) is 7.42. The molecule has 1 N–H and O–H groups in total. The van der Waals surface area contributed by atoms with Crippen LogP contribution in [0, 0.1) is 0 Å². The summed E-state index contributed by atoms with van der Waals surface area (Å²) in [6.07, 6.45) is 0.692. The van der Waals surface area contributed by atoms with Crippen molar-refractivity contribution in [2.24, 2.45) is 0 Å². The molecule has 0 aromatic heterocycles. The molecule has 1 amide bonds. The van der Waals surface area contributed by atoms with E-state index in [0.717, 1.165) is 18.5 Å². The minimum absolute atomic E-state index is 0.101. The Labute approximate surface area is 132 Å². The number of hydrogen-bond donors (Lipinski definition) is 1. The molecule has 21 heavy (non-hydrogen) atoms. The van der Waals surface area contributed by atoms with Gasteiger partial charge in [0.05, 0.1) is 6.04 Å². The Morgan fingerprint density at radius 2 is 2.14 bits per heavy atom. The third-order valence-electron chi connectivity index (χ3n) is 3.87. The van der Waals surface area contributed by atoms with E-state index in [2.05, 4.69) is 17.1 Å². The molecule has 2 rings (SSSR count). The van der Waals surface area contributed by atoms with Crippen LogP contribution in [-0.2, 0) is 4.79 Å². The van der Waals surface area contributed by atoms with Gasteiger partial charge in [0, 0.05) is 17.6 Å². The standard InChI is InChI=1S/C16H24ClN3O/c1-5-14-16(21)20(11(2)10-19(3)4)15(18-14)12-7-6-8-13(17)9-12/h6-9,11,14-15,18H,5,10H2,1-4H3. The van der Waals surface area contributed by atoms with E-state index >= 15 is 0 Å². The molecule has 4 nitrogen and oxygen atoms in total. The highest BCUT2D eigenvalue weighted by molar-refractivity contribution is 6.30. The third-order valence-corrected chi connectivity index (χ3v) is 4.10. The summed E-state index contributed by atoms with van der Waals surface area (Å²) >= 11 is 6.10. The largest absolute Gasteiger partial charge is 0.318 e. The molecule has 1 aromatic rings. The lowest BCUT2D eigenvalue weighted by atomic mass is 10.1. The molecular weight excluding hydrogens is 286 g/mol. The highest BCUT2D eigenvalue weighted by Gasteiger charge is 2.41. The molecule has 1 aliphatic rings. The lowest BCUT2D eigenvalue weighted by Gasteiger charge is -2.32. The van der Waals surface area contributed by atoms with Crippen molar-refractivity contribution in [2.75, 3.05) is 20.6 Å². The number of amides is 1. The zero-order chi connectivity index (χ0) is 15.6. The molecule has 1 fully saturated rings. The van der Waals surface area contributed by atoms with Gasteiger partial charge in [-0.3, -0.25) is 10.1 Å². The molecule has 3 unspecified atom stereocenters. The molecule has 1 saturated heterocycles. The van der Waals surface area contributed by atoms with Crippen LogP contribution in [0.15, 0.2) is 24.3 Å². The van der Waals surface area contributed by atoms with E-state index in [1.807, 2.05) is 50.2 Å². The molecule has 116 valence electrons. The Bertz CT molecular complexity index is 506. The Morgan fingerprint density at radius 1 is 1.43 bits per heavy atom. The lowest BCUT2D eigenvalue weighted by Crippen LogP contribution is -2.43. The first-order valence-corrected chi connectivity index (χ1v) is 7.80. The minimum Gasteiger partial charge on any atom is -0.318 e. The summed E-state index contributed by atoms with van der Waals surface area (Å²) in [5.41, 5.74) is 1.04. The Hall–Kier alpha value is -1.10. The summed E-state index contributed by atoms with van der Waals surface area (Å²) in [5, 5.41) is 4.13. The molecule has 1 aliphatic heterocycles. The summed E-state index contributed by atoms with van der Waals surface area (Å²) in [7, 11) is 4.05. The average Bonchev–Trinajstić information content (AvgIpc) is 2.75. The van der Waals surface area contributed by atoms with Crippen LogP contribution in [-0.4, -0.2) is 48.4 Å². The van der Waals surface area contributed by atoms with Crippen LogP contribution in [0.25, 0.3) is 0 Å². The van der Waals surface area contributed by atoms with Gasteiger partial charge >= 0.3 is 0 Å². The summed E-state index contributed by atoms with van der Waals surface area (Å²) in [6.45, 7) is 4.96. The van der Waals surface area contributed by atoms with E-state index in [0.29, 0.717) is 5.02 Å².